The molecule has 12 unspecified atom stereocenters. The van der Waals surface area contributed by atoms with E-state index >= 15 is 0 Å². The van der Waals surface area contributed by atoms with Crippen LogP contribution in [-0.4, -0.2) is 140 Å². The minimum absolute atomic E-state index is 0.236. The Balaban J connectivity index is 1.57. The van der Waals surface area contributed by atoms with Gasteiger partial charge in [0.2, 0.25) is 5.91 Å². The zero-order valence-electron chi connectivity index (χ0n) is 45.7. The minimum atomic E-state index is -1.79. The van der Waals surface area contributed by atoms with Crippen LogP contribution < -0.4 is 5.32 Å². The fourth-order valence-corrected chi connectivity index (χ4v) is 8.04. The predicted octanol–water partition coefficient (Wildman–Crippen LogP) is 8.99. The number of carbonyl (C=O) groups excluding carboxylic acids is 1. The maximum Gasteiger partial charge on any atom is 0.220 e. The second-order valence-electron chi connectivity index (χ2n) is 19.0. The van der Waals surface area contributed by atoms with Crippen LogP contribution in [0.2, 0.25) is 0 Å². The monoisotopic (exact) mass is 1060 g/mol. The molecule has 0 aromatic heterocycles. The van der Waals surface area contributed by atoms with Gasteiger partial charge in [-0.3, -0.25) is 4.79 Å². The first-order chi connectivity index (χ1) is 37.1. The van der Waals surface area contributed by atoms with E-state index in [4.69, 9.17) is 18.9 Å². The molecule has 2 aliphatic heterocycles. The van der Waals surface area contributed by atoms with Crippen LogP contribution in [0.4, 0.5) is 0 Å². The number of rotatable bonds is 41. The third-order valence-electron chi connectivity index (χ3n) is 12.6. The first-order valence-electron chi connectivity index (χ1n) is 28.1. The Morgan fingerprint density at radius 1 is 0.487 bits per heavy atom. The van der Waals surface area contributed by atoms with Crippen LogP contribution in [0, 0.1) is 0 Å². The van der Waals surface area contributed by atoms with Crippen LogP contribution in [0.1, 0.15) is 142 Å². The lowest BCUT2D eigenvalue weighted by Gasteiger charge is -2.46. The number of aliphatic hydroxyl groups excluding tert-OH is 8. The summed E-state index contributed by atoms with van der Waals surface area (Å²) in [5.41, 5.74) is 0. The number of allylic oxidation sites excluding steroid dienone is 24. The van der Waals surface area contributed by atoms with E-state index in [-0.39, 0.29) is 18.9 Å². The molecule has 2 heterocycles. The second-order valence-corrected chi connectivity index (χ2v) is 19.0. The number of hydrogen-bond acceptors (Lipinski definition) is 13. The average Bonchev–Trinajstić information content (AvgIpc) is 3.42. The van der Waals surface area contributed by atoms with E-state index in [1.807, 2.05) is 6.92 Å². The molecule has 14 nitrogen and oxygen atoms in total. The topological polar surface area (TPSA) is 228 Å². The van der Waals surface area contributed by atoms with Crippen molar-refractivity contribution in [2.45, 2.75) is 216 Å². The van der Waals surface area contributed by atoms with Gasteiger partial charge in [-0.1, -0.05) is 179 Å². The molecular weight excluding hydrogens is 967 g/mol. The van der Waals surface area contributed by atoms with Gasteiger partial charge in [-0.15, -0.1) is 0 Å². The molecule has 0 bridgehead atoms. The van der Waals surface area contributed by atoms with Gasteiger partial charge in [0.25, 0.3) is 0 Å². The first-order valence-corrected chi connectivity index (χ1v) is 28.1. The number of hydrogen-bond donors (Lipinski definition) is 9. The van der Waals surface area contributed by atoms with Crippen molar-refractivity contribution in [1.82, 2.24) is 5.32 Å². The largest absolute Gasteiger partial charge is 0.394 e. The number of carbonyl (C=O) groups is 1. The average molecular weight is 1060 g/mol. The molecule has 2 aliphatic rings. The molecule has 0 radical (unpaired) electrons. The second kappa shape index (κ2) is 45.8. The third kappa shape index (κ3) is 31.3. The zero-order valence-corrected chi connectivity index (χ0v) is 45.7. The van der Waals surface area contributed by atoms with Gasteiger partial charge in [0, 0.05) is 6.42 Å². The molecule has 0 aromatic rings. The number of ether oxygens (including phenoxy) is 4. The van der Waals surface area contributed by atoms with Crippen molar-refractivity contribution in [3.05, 3.63) is 146 Å². The molecule has 0 saturated carbocycles. The van der Waals surface area contributed by atoms with Crippen molar-refractivity contribution in [3.8, 4) is 0 Å². The summed E-state index contributed by atoms with van der Waals surface area (Å²) in [6.45, 7) is 2.48. The van der Waals surface area contributed by atoms with Gasteiger partial charge < -0.3 is 65.1 Å². The van der Waals surface area contributed by atoms with E-state index < -0.39 is 86.8 Å². The van der Waals surface area contributed by atoms with Crippen LogP contribution in [0.3, 0.4) is 0 Å². The maximum atomic E-state index is 13.0. The summed E-state index contributed by atoms with van der Waals surface area (Å²) >= 11 is 0. The molecule has 2 saturated heterocycles. The molecule has 0 aromatic carbocycles. The summed E-state index contributed by atoms with van der Waals surface area (Å²) in [6, 6.07) is -0.858. The van der Waals surface area contributed by atoms with Crippen molar-refractivity contribution in [2.24, 2.45) is 0 Å². The van der Waals surface area contributed by atoms with E-state index in [0.717, 1.165) is 109 Å². The lowest BCUT2D eigenvalue weighted by molar-refractivity contribution is -0.359. The Morgan fingerprint density at radius 2 is 0.895 bits per heavy atom. The standard InChI is InChI=1S/C62H97NO13/c1-3-5-7-8-9-10-11-12-13-14-15-16-17-18-19-20-21-22-23-24-25-26-27-28-29-30-31-32-33-34-35-36-37-38-39-40-41-42-44-46-54(67)63-50(51(66)45-43-6-4-2)49-73-61-59(72)57(70)60(53(48-65)75-61)76-62-58(71)56(69)55(68)52(47-64)74-62/h5,7,9-10,12-13,15-16,18-19,21-22,24-25,27-28,30-31,33-34,36-37,39-40,50-53,55-62,64-66,68-72H,3-4,6,8,11,14,17,20,23,26,29,32,35,38,41-49H2,1-2H3,(H,63,67)/b7-5-,10-9-,13-12-,16-15-,19-18-,22-21-,25-24-,28-27-,31-30-,34-33-,37-36-,40-39-. The fraction of sp³-hybridized carbons (Fsp3) is 0.597. The summed E-state index contributed by atoms with van der Waals surface area (Å²) < 4.78 is 22.5. The van der Waals surface area contributed by atoms with Gasteiger partial charge in [0.15, 0.2) is 12.6 Å². The molecule has 1 amide bonds. The van der Waals surface area contributed by atoms with Gasteiger partial charge in [0.1, 0.15) is 48.8 Å². The van der Waals surface area contributed by atoms with Crippen LogP contribution in [0.15, 0.2) is 146 Å². The lowest BCUT2D eigenvalue weighted by atomic mass is 9.97. The number of amides is 1. The number of nitrogens with one attached hydrogen (secondary N) is 1. The van der Waals surface area contributed by atoms with Gasteiger partial charge in [-0.25, -0.2) is 0 Å². The predicted molar refractivity (Wildman–Crippen MR) is 304 cm³/mol. The molecule has 76 heavy (non-hydrogen) atoms. The Labute approximate surface area is 455 Å². The molecular formula is C62H97NO13. The third-order valence-corrected chi connectivity index (χ3v) is 12.6. The molecule has 9 N–H and O–H groups in total. The Morgan fingerprint density at radius 3 is 1.32 bits per heavy atom. The summed E-state index contributed by atoms with van der Waals surface area (Å²) in [6.07, 6.45) is 52.7. The van der Waals surface area contributed by atoms with E-state index in [9.17, 15) is 45.6 Å². The highest BCUT2D eigenvalue weighted by Crippen LogP contribution is 2.30. The molecule has 0 spiro atoms. The quantitative estimate of drug-likeness (QED) is 0.0206. The Hall–Kier alpha value is -4.13. The van der Waals surface area contributed by atoms with Gasteiger partial charge >= 0.3 is 0 Å². The number of unbranched alkanes of at least 4 members (excludes halogenated alkanes) is 4. The molecule has 0 aliphatic carbocycles. The van der Waals surface area contributed by atoms with Crippen molar-refractivity contribution >= 4 is 5.91 Å². The van der Waals surface area contributed by atoms with E-state index in [1.54, 1.807) is 0 Å². The van der Waals surface area contributed by atoms with Gasteiger partial charge in [-0.2, -0.15) is 0 Å². The molecule has 14 heteroatoms. The molecule has 2 fully saturated rings. The van der Waals surface area contributed by atoms with Crippen molar-refractivity contribution in [2.75, 3.05) is 19.8 Å². The van der Waals surface area contributed by atoms with Crippen molar-refractivity contribution in [1.29, 1.82) is 0 Å². The number of aliphatic hydroxyl groups is 8. The smallest absolute Gasteiger partial charge is 0.220 e. The van der Waals surface area contributed by atoms with E-state index in [1.165, 1.54) is 0 Å². The molecule has 12 atom stereocenters. The minimum Gasteiger partial charge on any atom is -0.394 e. The van der Waals surface area contributed by atoms with Crippen LogP contribution in [0.5, 0.6) is 0 Å². The zero-order chi connectivity index (χ0) is 55.3. The van der Waals surface area contributed by atoms with E-state index in [0.29, 0.717) is 12.8 Å². The normalized spacial score (nSPS) is 26.0. The highest BCUT2D eigenvalue weighted by molar-refractivity contribution is 5.76. The summed E-state index contributed by atoms with van der Waals surface area (Å²) in [5, 5.41) is 86.1. The molecule has 428 valence electrons. The maximum absolute atomic E-state index is 13.0. The van der Waals surface area contributed by atoms with Crippen LogP contribution in [0.25, 0.3) is 0 Å². The van der Waals surface area contributed by atoms with Crippen LogP contribution >= 0.6 is 0 Å². The van der Waals surface area contributed by atoms with Crippen molar-refractivity contribution < 1.29 is 64.6 Å². The first kappa shape index (κ1) is 68.0. The molecule has 2 rings (SSSR count). The van der Waals surface area contributed by atoms with Crippen molar-refractivity contribution in [3.63, 3.8) is 0 Å². The SMILES string of the molecule is CC/C=C\C/C=C\C/C=C\C/C=C\C/C=C\C/C=C\C/C=C\C/C=C\C/C=C\C/C=C\C/C=C\C/C=C\CCCCC(=O)NC(COC1OC(CO)C(OC2OC(CO)C(O)C(O)C2O)C(O)C1O)C(O)CCCCC. The summed E-state index contributed by atoms with van der Waals surface area (Å²) in [7, 11) is 0. The summed E-state index contributed by atoms with van der Waals surface area (Å²) in [4.78, 5) is 13.0. The fourth-order valence-electron chi connectivity index (χ4n) is 8.04. The summed E-state index contributed by atoms with van der Waals surface area (Å²) in [5.74, 6) is -0.269. The highest BCUT2D eigenvalue weighted by atomic mass is 16.7. The highest BCUT2D eigenvalue weighted by Gasteiger charge is 2.51. The van der Waals surface area contributed by atoms with Gasteiger partial charge in [0.05, 0.1) is 32.0 Å². The Bertz CT molecular complexity index is 1830. The lowest BCUT2D eigenvalue weighted by Crippen LogP contribution is -2.65. The Kier molecular flexibility index (Phi) is 41.0. The van der Waals surface area contributed by atoms with E-state index in [2.05, 4.69) is 158 Å². The van der Waals surface area contributed by atoms with Gasteiger partial charge in [-0.05, 0) is 103 Å². The van der Waals surface area contributed by atoms with Crippen LogP contribution in [-0.2, 0) is 23.7 Å².